The van der Waals surface area contributed by atoms with E-state index in [4.69, 9.17) is 4.74 Å². The van der Waals surface area contributed by atoms with Crippen molar-refractivity contribution < 1.29 is 13.2 Å². The van der Waals surface area contributed by atoms with E-state index < -0.39 is 9.84 Å². The van der Waals surface area contributed by atoms with E-state index in [0.29, 0.717) is 16.0 Å². The lowest BCUT2D eigenvalue weighted by molar-refractivity contribution is 0.414. The Kier molecular flexibility index (Phi) is 4.42. The second-order valence-corrected chi connectivity index (χ2v) is 8.26. The van der Waals surface area contributed by atoms with Gasteiger partial charge in [0.2, 0.25) is 0 Å². The summed E-state index contributed by atoms with van der Waals surface area (Å²) in [5, 5.41) is 5.44. The van der Waals surface area contributed by atoms with Gasteiger partial charge in [0.15, 0.2) is 9.84 Å². The van der Waals surface area contributed by atoms with Crippen molar-refractivity contribution in [2.45, 2.75) is 17.9 Å². The van der Waals surface area contributed by atoms with Crippen LogP contribution in [0.5, 0.6) is 5.75 Å². The van der Waals surface area contributed by atoms with Crippen LogP contribution >= 0.6 is 11.3 Å². The summed E-state index contributed by atoms with van der Waals surface area (Å²) < 4.78 is 29.2. The van der Waals surface area contributed by atoms with Gasteiger partial charge in [0, 0.05) is 17.7 Å². The summed E-state index contributed by atoms with van der Waals surface area (Å²) in [5.74, 6) is 1.30. The molecule has 3 rings (SSSR count). The van der Waals surface area contributed by atoms with Crippen molar-refractivity contribution in [3.63, 3.8) is 0 Å². The van der Waals surface area contributed by atoms with E-state index in [2.05, 4.69) is 15.3 Å². The van der Waals surface area contributed by atoms with Crippen LogP contribution in [-0.2, 0) is 9.84 Å². The summed E-state index contributed by atoms with van der Waals surface area (Å²) in [5.41, 5.74) is 1.04. The minimum Gasteiger partial charge on any atom is -0.497 e. The van der Waals surface area contributed by atoms with Crippen LogP contribution in [0, 0.1) is 0 Å². The molecule has 0 spiro atoms. The molecule has 0 aliphatic carbocycles. The molecule has 0 aliphatic heterocycles. The zero-order chi connectivity index (χ0) is 17.3. The first-order valence-corrected chi connectivity index (χ1v) is 10.00. The molecule has 1 atom stereocenters. The van der Waals surface area contributed by atoms with E-state index in [1.165, 1.54) is 23.9 Å². The van der Waals surface area contributed by atoms with E-state index in [0.717, 1.165) is 11.3 Å². The van der Waals surface area contributed by atoms with Gasteiger partial charge in [-0.2, -0.15) is 0 Å². The predicted molar refractivity (Wildman–Crippen MR) is 95.6 cm³/mol. The molecule has 2 aromatic heterocycles. The molecule has 0 aliphatic rings. The third-order valence-electron chi connectivity index (χ3n) is 3.70. The highest BCUT2D eigenvalue weighted by Gasteiger charge is 2.20. The van der Waals surface area contributed by atoms with Crippen molar-refractivity contribution >= 4 is 37.2 Å². The quantitative estimate of drug-likeness (QED) is 0.749. The molecule has 24 heavy (non-hydrogen) atoms. The number of rotatable bonds is 5. The highest BCUT2D eigenvalue weighted by atomic mass is 32.2. The number of thiophene rings is 1. The van der Waals surface area contributed by atoms with Gasteiger partial charge in [0.05, 0.1) is 17.4 Å². The number of nitrogens with zero attached hydrogens (tertiary/aromatic N) is 2. The minimum atomic E-state index is -3.34. The highest BCUT2D eigenvalue weighted by Crippen LogP contribution is 2.34. The highest BCUT2D eigenvalue weighted by molar-refractivity contribution is 7.91. The number of nitrogens with one attached hydrogen (secondary N) is 1. The standard InChI is InChI=1S/C16H17N3O3S2/c1-10(11-4-6-12(22-2)7-5-11)19-15-14-13(24(3,20)21)8-23-16(14)18-9-17-15/h4-10H,1-3H3,(H,17,18,19). The number of benzene rings is 1. The molecule has 1 unspecified atom stereocenters. The largest absolute Gasteiger partial charge is 0.497 e. The average molecular weight is 363 g/mol. The van der Waals surface area contributed by atoms with Crippen molar-refractivity contribution in [2.75, 3.05) is 18.7 Å². The molecule has 0 saturated carbocycles. The van der Waals surface area contributed by atoms with Crippen molar-refractivity contribution in [2.24, 2.45) is 0 Å². The van der Waals surface area contributed by atoms with Gasteiger partial charge in [0.25, 0.3) is 0 Å². The van der Waals surface area contributed by atoms with Crippen LogP contribution in [0.1, 0.15) is 18.5 Å². The lowest BCUT2D eigenvalue weighted by Gasteiger charge is -2.16. The summed E-state index contributed by atoms with van der Waals surface area (Å²) in [7, 11) is -1.72. The van der Waals surface area contributed by atoms with Gasteiger partial charge < -0.3 is 10.1 Å². The van der Waals surface area contributed by atoms with Gasteiger partial charge in [-0.3, -0.25) is 0 Å². The number of ether oxygens (including phenoxy) is 1. The van der Waals surface area contributed by atoms with Gasteiger partial charge in [0.1, 0.15) is 22.7 Å². The second kappa shape index (κ2) is 6.37. The number of anilines is 1. The molecule has 0 saturated heterocycles. The summed E-state index contributed by atoms with van der Waals surface area (Å²) in [6.45, 7) is 1.99. The van der Waals surface area contributed by atoms with E-state index in [9.17, 15) is 8.42 Å². The average Bonchev–Trinajstić information content (AvgIpc) is 3.00. The molecule has 1 aromatic carbocycles. The molecule has 6 nitrogen and oxygen atoms in total. The number of aromatic nitrogens is 2. The van der Waals surface area contributed by atoms with Crippen LogP contribution in [0.15, 0.2) is 40.9 Å². The first-order chi connectivity index (χ1) is 11.4. The molecule has 2 heterocycles. The van der Waals surface area contributed by atoms with Crippen LogP contribution in [0.4, 0.5) is 5.82 Å². The third kappa shape index (κ3) is 3.20. The van der Waals surface area contributed by atoms with Gasteiger partial charge in [-0.25, -0.2) is 18.4 Å². The lowest BCUT2D eigenvalue weighted by Crippen LogP contribution is -2.09. The van der Waals surface area contributed by atoms with Crippen molar-refractivity contribution in [1.82, 2.24) is 9.97 Å². The third-order valence-corrected chi connectivity index (χ3v) is 5.86. The molecule has 0 amide bonds. The second-order valence-electron chi connectivity index (χ2n) is 5.41. The molecule has 0 bridgehead atoms. The number of fused-ring (bicyclic) bond motifs is 1. The zero-order valence-corrected chi connectivity index (χ0v) is 15.1. The normalized spacial score (nSPS) is 13.0. The fraction of sp³-hybridized carbons (Fsp3) is 0.250. The van der Waals surface area contributed by atoms with Crippen molar-refractivity contribution in [3.05, 3.63) is 41.5 Å². The Bertz CT molecular complexity index is 966. The van der Waals surface area contributed by atoms with Crippen LogP contribution in [-0.4, -0.2) is 31.8 Å². The first kappa shape index (κ1) is 16.7. The summed E-state index contributed by atoms with van der Waals surface area (Å²) in [6, 6.07) is 7.63. The lowest BCUT2D eigenvalue weighted by atomic mass is 10.1. The Labute approximate surface area is 144 Å². The number of sulfone groups is 1. The Morgan fingerprint density at radius 1 is 1.21 bits per heavy atom. The van der Waals surface area contributed by atoms with E-state index in [-0.39, 0.29) is 10.9 Å². The van der Waals surface area contributed by atoms with E-state index >= 15 is 0 Å². The maximum absolute atomic E-state index is 12.0. The van der Waals surface area contributed by atoms with Gasteiger partial charge in [-0.05, 0) is 24.6 Å². The molecular formula is C16H17N3O3S2. The van der Waals surface area contributed by atoms with Crippen molar-refractivity contribution in [3.8, 4) is 5.75 Å². The van der Waals surface area contributed by atoms with Crippen LogP contribution < -0.4 is 10.1 Å². The number of methoxy groups -OCH3 is 1. The maximum Gasteiger partial charge on any atom is 0.177 e. The van der Waals surface area contributed by atoms with Gasteiger partial charge >= 0.3 is 0 Å². The monoisotopic (exact) mass is 363 g/mol. The SMILES string of the molecule is COc1ccc(C(C)Nc2ncnc3scc(S(C)(=O)=O)c23)cc1. The molecule has 0 radical (unpaired) electrons. The fourth-order valence-corrected chi connectivity index (χ4v) is 4.65. The summed E-state index contributed by atoms with van der Waals surface area (Å²) >= 11 is 1.30. The topological polar surface area (TPSA) is 81.2 Å². The van der Waals surface area contributed by atoms with Crippen molar-refractivity contribution in [1.29, 1.82) is 0 Å². The van der Waals surface area contributed by atoms with Crippen LogP contribution in [0.3, 0.4) is 0 Å². The molecule has 126 valence electrons. The maximum atomic E-state index is 12.0. The van der Waals surface area contributed by atoms with Crippen LogP contribution in [0.25, 0.3) is 10.2 Å². The summed E-state index contributed by atoms with van der Waals surface area (Å²) in [6.07, 6.45) is 2.63. The fourth-order valence-electron chi connectivity index (χ4n) is 2.41. The zero-order valence-electron chi connectivity index (χ0n) is 13.5. The molecule has 3 aromatic rings. The van der Waals surface area contributed by atoms with Gasteiger partial charge in [-0.15, -0.1) is 11.3 Å². The Balaban J connectivity index is 1.98. The molecule has 1 N–H and O–H groups in total. The molecular weight excluding hydrogens is 346 g/mol. The first-order valence-electron chi connectivity index (χ1n) is 7.23. The Morgan fingerprint density at radius 2 is 1.92 bits per heavy atom. The van der Waals surface area contributed by atoms with E-state index in [1.54, 1.807) is 12.5 Å². The van der Waals surface area contributed by atoms with Crippen LogP contribution in [0.2, 0.25) is 0 Å². The molecule has 8 heteroatoms. The number of hydrogen-bond acceptors (Lipinski definition) is 7. The smallest absolute Gasteiger partial charge is 0.177 e. The Hall–Kier alpha value is -2.19. The number of hydrogen-bond donors (Lipinski definition) is 1. The Morgan fingerprint density at radius 3 is 2.54 bits per heavy atom. The van der Waals surface area contributed by atoms with E-state index in [1.807, 2.05) is 31.2 Å². The molecule has 0 fully saturated rings. The minimum absolute atomic E-state index is 0.0543. The van der Waals surface area contributed by atoms with Gasteiger partial charge in [-0.1, -0.05) is 12.1 Å². The predicted octanol–water partition coefficient (Wildman–Crippen LogP) is 3.28. The summed E-state index contributed by atoms with van der Waals surface area (Å²) in [4.78, 5) is 9.32.